The number of fused-ring (bicyclic) bond motifs is 2. The van der Waals surface area contributed by atoms with E-state index in [2.05, 4.69) is 20.4 Å². The van der Waals surface area contributed by atoms with Gasteiger partial charge in [-0.1, -0.05) is 35.5 Å². The summed E-state index contributed by atoms with van der Waals surface area (Å²) in [5.74, 6) is -0.378. The van der Waals surface area contributed by atoms with Crippen LogP contribution < -0.4 is 0 Å². The van der Waals surface area contributed by atoms with Crippen molar-refractivity contribution in [3.63, 3.8) is 0 Å². The van der Waals surface area contributed by atoms with E-state index in [1.54, 1.807) is 30.3 Å². The minimum absolute atomic E-state index is 0.0873. The number of aromatic nitrogens is 4. The largest absolute Gasteiger partial charge is 0.384 e. The summed E-state index contributed by atoms with van der Waals surface area (Å²) >= 11 is 0. The fourth-order valence-electron chi connectivity index (χ4n) is 5.19. The summed E-state index contributed by atoms with van der Waals surface area (Å²) in [4.78, 5) is 19.9. The number of rotatable bonds is 7. The van der Waals surface area contributed by atoms with E-state index in [4.69, 9.17) is 4.74 Å². The van der Waals surface area contributed by atoms with Crippen LogP contribution in [-0.2, 0) is 26.1 Å². The summed E-state index contributed by atoms with van der Waals surface area (Å²) in [7, 11) is -2.38. The van der Waals surface area contributed by atoms with E-state index in [0.29, 0.717) is 37.4 Å². The fraction of sp³-hybridized carbons (Fsp3) is 0.417. The number of ether oxygens (including phenoxy) is 1. The molecule has 2 fully saturated rings. The predicted octanol–water partition coefficient (Wildman–Crippen LogP) is 2.08. The van der Waals surface area contributed by atoms with Crippen molar-refractivity contribution < 1.29 is 17.9 Å². The molecule has 184 valence electrons. The van der Waals surface area contributed by atoms with Gasteiger partial charge in [-0.05, 0) is 31.4 Å². The number of piperidine rings is 1. The first-order chi connectivity index (χ1) is 17.0. The maximum absolute atomic E-state index is 14.0. The second-order valence-corrected chi connectivity index (χ2v) is 10.9. The number of sulfonamides is 1. The van der Waals surface area contributed by atoms with Gasteiger partial charge in [0.25, 0.3) is 0 Å². The maximum atomic E-state index is 14.0. The number of hydrogen-bond donors (Lipinski definition) is 1. The van der Waals surface area contributed by atoms with Crippen molar-refractivity contribution in [1.29, 1.82) is 0 Å². The van der Waals surface area contributed by atoms with Gasteiger partial charge in [-0.15, -0.1) is 5.10 Å². The minimum atomic E-state index is -3.98. The van der Waals surface area contributed by atoms with Crippen molar-refractivity contribution in [2.24, 2.45) is 5.92 Å². The number of methoxy groups -OCH3 is 1. The van der Waals surface area contributed by atoms with E-state index < -0.39 is 16.1 Å². The highest BCUT2D eigenvalue weighted by Gasteiger charge is 2.50. The molecule has 11 heteroatoms. The summed E-state index contributed by atoms with van der Waals surface area (Å²) in [6.07, 6.45) is 4.89. The van der Waals surface area contributed by atoms with Crippen molar-refractivity contribution in [1.82, 2.24) is 29.6 Å². The smallest absolute Gasteiger partial charge is 0.245 e. The molecule has 0 radical (unpaired) electrons. The number of nitrogens with zero attached hydrogens (tertiary/aromatic N) is 5. The second kappa shape index (κ2) is 9.84. The molecule has 1 amide bonds. The van der Waals surface area contributed by atoms with Gasteiger partial charge in [0.05, 0.1) is 30.7 Å². The highest BCUT2D eigenvalue weighted by molar-refractivity contribution is 7.89. The highest BCUT2D eigenvalue weighted by atomic mass is 32.2. The average molecular weight is 497 g/mol. The Labute approximate surface area is 204 Å². The summed E-state index contributed by atoms with van der Waals surface area (Å²) in [6, 6.07) is 11.8. The summed E-state index contributed by atoms with van der Waals surface area (Å²) in [5.41, 5.74) is 2.29. The topological polar surface area (TPSA) is 121 Å². The molecule has 5 rings (SSSR count). The number of benzene rings is 1. The van der Waals surface area contributed by atoms with Crippen molar-refractivity contribution in [2.75, 3.05) is 20.3 Å². The third-order valence-corrected chi connectivity index (χ3v) is 8.71. The molecule has 0 spiro atoms. The molecule has 2 aliphatic heterocycles. The second-order valence-electron chi connectivity index (χ2n) is 9.01. The van der Waals surface area contributed by atoms with Crippen molar-refractivity contribution in [2.45, 2.75) is 42.8 Å². The lowest BCUT2D eigenvalue weighted by Crippen LogP contribution is -2.55. The number of hydrogen-bond acceptors (Lipinski definition) is 7. The van der Waals surface area contributed by atoms with Gasteiger partial charge in [0.15, 0.2) is 0 Å². The fourth-order valence-corrected chi connectivity index (χ4v) is 7.02. The number of carbonyl (C=O) groups excluding carboxylic acids is 1. The van der Waals surface area contributed by atoms with Crippen molar-refractivity contribution >= 4 is 15.9 Å². The molecule has 1 aromatic carbocycles. The minimum Gasteiger partial charge on any atom is -0.384 e. The van der Waals surface area contributed by atoms with E-state index in [-0.39, 0.29) is 29.3 Å². The Balaban J connectivity index is 1.50. The molecule has 3 atom stereocenters. The number of pyridine rings is 1. The Kier molecular flexibility index (Phi) is 6.63. The van der Waals surface area contributed by atoms with E-state index in [1.807, 2.05) is 30.3 Å². The van der Waals surface area contributed by atoms with Gasteiger partial charge in [0, 0.05) is 37.4 Å². The van der Waals surface area contributed by atoms with Crippen LogP contribution >= 0.6 is 0 Å². The average Bonchev–Trinajstić information content (AvgIpc) is 3.39. The molecule has 4 heterocycles. The van der Waals surface area contributed by atoms with Crippen molar-refractivity contribution in [3.05, 3.63) is 60.6 Å². The quantitative estimate of drug-likeness (QED) is 0.531. The summed E-state index contributed by atoms with van der Waals surface area (Å²) in [5, 5.41) is 10.3. The van der Waals surface area contributed by atoms with Gasteiger partial charge in [0.1, 0.15) is 10.9 Å². The molecular formula is C24H28N6O4S. The molecule has 2 aromatic heterocycles. The number of aromatic amines is 1. The van der Waals surface area contributed by atoms with Crippen LogP contribution in [0.25, 0.3) is 11.3 Å². The number of amides is 1. The van der Waals surface area contributed by atoms with Crippen LogP contribution in [0.3, 0.4) is 0 Å². The lowest BCUT2D eigenvalue weighted by molar-refractivity contribution is -0.135. The zero-order chi connectivity index (χ0) is 24.4. The number of carbonyl (C=O) groups is 1. The molecule has 0 aliphatic carbocycles. The van der Waals surface area contributed by atoms with Crippen LogP contribution in [0.2, 0.25) is 0 Å². The summed E-state index contributed by atoms with van der Waals surface area (Å²) in [6.45, 7) is 1.03. The zero-order valence-electron chi connectivity index (χ0n) is 19.4. The Morgan fingerprint density at radius 1 is 1.11 bits per heavy atom. The van der Waals surface area contributed by atoms with Gasteiger partial charge in [-0.2, -0.15) is 4.31 Å². The maximum Gasteiger partial charge on any atom is 0.245 e. The Hall–Kier alpha value is -3.15. The van der Waals surface area contributed by atoms with Crippen LogP contribution in [0.5, 0.6) is 0 Å². The third-order valence-electron chi connectivity index (χ3n) is 6.80. The van der Waals surface area contributed by atoms with E-state index in [0.717, 1.165) is 12.0 Å². The molecule has 3 unspecified atom stereocenters. The highest BCUT2D eigenvalue weighted by Crippen LogP contribution is 2.37. The molecule has 2 saturated heterocycles. The summed E-state index contributed by atoms with van der Waals surface area (Å²) < 4.78 is 34.8. The number of H-pyrrole nitrogens is 1. The molecule has 10 nitrogen and oxygen atoms in total. The van der Waals surface area contributed by atoms with E-state index >= 15 is 0 Å². The van der Waals surface area contributed by atoms with Crippen LogP contribution in [0, 0.1) is 5.92 Å². The molecule has 0 saturated carbocycles. The molecule has 2 aliphatic rings. The SMILES string of the molecule is COCC1CN(Cc2cnn[nH]2)C(=O)C2CCCC1N2S(=O)(=O)c1ccc(-c2ccccc2)nc1. The van der Waals surface area contributed by atoms with Gasteiger partial charge in [0.2, 0.25) is 15.9 Å². The first kappa shape index (κ1) is 23.6. The standard InChI is InChI=1S/C24H28N6O4S/c1-34-16-18-14-29(15-19-12-26-28-27-19)24(31)23-9-5-8-22(18)30(23)35(32,33)20-10-11-21(25-13-20)17-6-3-2-4-7-17/h2-4,6-7,10-13,18,22-23H,5,8-9,14-16H2,1H3,(H,26,27,28). The van der Waals surface area contributed by atoms with E-state index in [9.17, 15) is 13.2 Å². The van der Waals surface area contributed by atoms with Gasteiger partial charge in [-0.3, -0.25) is 14.9 Å². The first-order valence-electron chi connectivity index (χ1n) is 11.7. The van der Waals surface area contributed by atoms with Crippen LogP contribution in [0.1, 0.15) is 25.0 Å². The van der Waals surface area contributed by atoms with Crippen LogP contribution in [0.15, 0.2) is 59.8 Å². The molecule has 2 bridgehead atoms. The predicted molar refractivity (Wildman–Crippen MR) is 127 cm³/mol. The molecule has 3 aromatic rings. The van der Waals surface area contributed by atoms with Crippen molar-refractivity contribution in [3.8, 4) is 11.3 Å². The van der Waals surface area contributed by atoms with Gasteiger partial charge >= 0.3 is 0 Å². The third kappa shape index (κ3) is 4.58. The van der Waals surface area contributed by atoms with Crippen LogP contribution in [0.4, 0.5) is 0 Å². The normalized spacial score (nSPS) is 23.3. The lowest BCUT2D eigenvalue weighted by Gasteiger charge is -2.40. The number of nitrogens with one attached hydrogen (secondary N) is 1. The van der Waals surface area contributed by atoms with Gasteiger partial charge < -0.3 is 9.64 Å². The molecular weight excluding hydrogens is 468 g/mol. The molecule has 1 N–H and O–H groups in total. The van der Waals surface area contributed by atoms with Gasteiger partial charge in [-0.25, -0.2) is 8.42 Å². The monoisotopic (exact) mass is 496 g/mol. The zero-order valence-corrected chi connectivity index (χ0v) is 20.3. The Morgan fingerprint density at radius 3 is 2.63 bits per heavy atom. The Morgan fingerprint density at radius 2 is 1.94 bits per heavy atom. The van der Waals surface area contributed by atoms with Crippen LogP contribution in [-0.4, -0.2) is 76.3 Å². The van der Waals surface area contributed by atoms with E-state index in [1.165, 1.54) is 10.5 Å². The Bertz CT molecular complexity index is 1250. The first-order valence-corrected chi connectivity index (χ1v) is 13.1. The molecule has 35 heavy (non-hydrogen) atoms. The lowest BCUT2D eigenvalue weighted by atomic mass is 9.91.